The highest BCUT2D eigenvalue weighted by Gasteiger charge is 2.25. The molecule has 5 rings (SSSR count). The van der Waals surface area contributed by atoms with Crippen LogP contribution >= 0.6 is 0 Å². The molecule has 0 saturated carbocycles. The second-order valence-electron chi connectivity index (χ2n) is 11.6. The second-order valence-corrected chi connectivity index (χ2v) is 11.6. The van der Waals surface area contributed by atoms with Gasteiger partial charge < -0.3 is 15.0 Å². The second kappa shape index (κ2) is 9.89. The molecule has 0 spiro atoms. The Hall–Kier alpha value is -3.68. The highest BCUT2D eigenvalue weighted by molar-refractivity contribution is 5.92. The van der Waals surface area contributed by atoms with Crippen LogP contribution in [-0.4, -0.2) is 36.4 Å². The zero-order valence-electron chi connectivity index (χ0n) is 23.5. The number of H-pyrrole nitrogens is 1. The molecule has 1 unspecified atom stereocenters. The molecule has 2 N–H and O–H groups in total. The van der Waals surface area contributed by atoms with Gasteiger partial charge in [0.25, 0.3) is 0 Å². The fraction of sp³-hybridized carbons (Fsp3) is 0.467. The summed E-state index contributed by atoms with van der Waals surface area (Å²) in [6.45, 7) is 14.0. The maximum absolute atomic E-state index is 12.5. The van der Waals surface area contributed by atoms with Crippen molar-refractivity contribution in [3.8, 4) is 22.5 Å². The van der Waals surface area contributed by atoms with Gasteiger partial charge in [0.1, 0.15) is 11.4 Å². The lowest BCUT2D eigenvalue weighted by molar-refractivity contribution is 0.0501. The van der Waals surface area contributed by atoms with Crippen molar-refractivity contribution in [2.45, 2.75) is 91.8 Å². The van der Waals surface area contributed by atoms with Crippen LogP contribution in [0.1, 0.15) is 88.5 Å². The predicted molar refractivity (Wildman–Crippen MR) is 150 cm³/mol. The molecule has 1 aromatic carbocycles. The standard InChI is InChI=1S/C30H38N6O2/c1-17(2)36-19(4)25(18(3)35-36)27-33-26-23(14-15-31-28(26)34-27)21-12-13-22-20(16-21)10-8-9-11-24(22)32-29(37)38-30(5,6)7/h12-17,24H,8-11H2,1-7H3,(H,32,37)(H,31,33,34). The zero-order valence-corrected chi connectivity index (χ0v) is 23.5. The van der Waals surface area contributed by atoms with Crippen LogP contribution < -0.4 is 5.32 Å². The van der Waals surface area contributed by atoms with E-state index in [0.717, 1.165) is 65.1 Å². The van der Waals surface area contributed by atoms with E-state index in [-0.39, 0.29) is 18.2 Å². The van der Waals surface area contributed by atoms with E-state index < -0.39 is 5.60 Å². The number of aromatic nitrogens is 5. The van der Waals surface area contributed by atoms with Gasteiger partial charge in [-0.15, -0.1) is 0 Å². The number of rotatable bonds is 4. The van der Waals surface area contributed by atoms with Crippen molar-refractivity contribution in [2.24, 2.45) is 0 Å². The van der Waals surface area contributed by atoms with Crippen molar-refractivity contribution >= 4 is 17.3 Å². The Morgan fingerprint density at radius 3 is 2.68 bits per heavy atom. The number of nitrogens with one attached hydrogen (secondary N) is 2. The van der Waals surface area contributed by atoms with E-state index in [9.17, 15) is 4.79 Å². The molecule has 3 aromatic heterocycles. The minimum absolute atomic E-state index is 0.0592. The zero-order chi connectivity index (χ0) is 27.2. The maximum atomic E-state index is 12.5. The molecule has 8 nitrogen and oxygen atoms in total. The number of fused-ring (bicyclic) bond motifs is 2. The van der Waals surface area contributed by atoms with Gasteiger partial charge in [0.2, 0.25) is 0 Å². The Balaban J connectivity index is 1.51. The number of benzene rings is 1. The summed E-state index contributed by atoms with van der Waals surface area (Å²) in [6, 6.07) is 8.80. The predicted octanol–water partition coefficient (Wildman–Crippen LogP) is 6.98. The summed E-state index contributed by atoms with van der Waals surface area (Å²) in [5.41, 5.74) is 8.73. The van der Waals surface area contributed by atoms with Gasteiger partial charge in [0, 0.05) is 23.5 Å². The van der Waals surface area contributed by atoms with E-state index in [1.165, 1.54) is 11.1 Å². The van der Waals surface area contributed by atoms with E-state index in [2.05, 4.69) is 54.3 Å². The van der Waals surface area contributed by atoms with Gasteiger partial charge >= 0.3 is 6.09 Å². The van der Waals surface area contributed by atoms with Gasteiger partial charge in [0.15, 0.2) is 5.65 Å². The number of alkyl carbamates (subject to hydrolysis) is 1. The molecule has 1 aliphatic carbocycles. The SMILES string of the molecule is Cc1nn(C(C)C)c(C)c1-c1nc2nccc(-c3ccc4c(c3)CCCCC4NC(=O)OC(C)(C)C)c2[nH]1. The average Bonchev–Trinajstić information content (AvgIpc) is 3.32. The van der Waals surface area contributed by atoms with Gasteiger partial charge in [-0.1, -0.05) is 24.6 Å². The summed E-state index contributed by atoms with van der Waals surface area (Å²) >= 11 is 0. The van der Waals surface area contributed by atoms with Crippen molar-refractivity contribution in [1.29, 1.82) is 0 Å². The highest BCUT2D eigenvalue weighted by atomic mass is 16.6. The van der Waals surface area contributed by atoms with E-state index in [1.807, 2.05) is 44.6 Å². The van der Waals surface area contributed by atoms with E-state index in [1.54, 1.807) is 0 Å². The van der Waals surface area contributed by atoms with Crippen LogP contribution in [0.5, 0.6) is 0 Å². The summed E-state index contributed by atoms with van der Waals surface area (Å²) in [5.74, 6) is 0.790. The number of carbonyl (C=O) groups excluding carboxylic acids is 1. The molecule has 3 heterocycles. The van der Waals surface area contributed by atoms with Crippen molar-refractivity contribution in [1.82, 2.24) is 30.0 Å². The molecular formula is C30H38N6O2. The first-order chi connectivity index (χ1) is 18.0. The van der Waals surface area contributed by atoms with Crippen molar-refractivity contribution < 1.29 is 9.53 Å². The molecule has 0 fully saturated rings. The summed E-state index contributed by atoms with van der Waals surface area (Å²) in [7, 11) is 0. The van der Waals surface area contributed by atoms with Crippen molar-refractivity contribution in [3.05, 3.63) is 53.0 Å². The first-order valence-electron chi connectivity index (χ1n) is 13.6. The molecule has 1 amide bonds. The number of aryl methyl sites for hydroxylation is 2. The van der Waals surface area contributed by atoms with Gasteiger partial charge in [-0.25, -0.2) is 14.8 Å². The van der Waals surface area contributed by atoms with Crippen LogP contribution in [0.2, 0.25) is 0 Å². The first kappa shape index (κ1) is 25.9. The number of imidazole rings is 1. The van der Waals surface area contributed by atoms with E-state index >= 15 is 0 Å². The Morgan fingerprint density at radius 1 is 1.18 bits per heavy atom. The number of nitrogens with zero attached hydrogens (tertiary/aromatic N) is 4. The third kappa shape index (κ3) is 5.04. The number of aromatic amines is 1. The third-order valence-electron chi connectivity index (χ3n) is 7.15. The first-order valence-corrected chi connectivity index (χ1v) is 13.6. The van der Waals surface area contributed by atoms with Crippen LogP contribution in [-0.2, 0) is 11.2 Å². The molecule has 38 heavy (non-hydrogen) atoms. The molecule has 0 saturated heterocycles. The van der Waals surface area contributed by atoms with Crippen molar-refractivity contribution in [3.63, 3.8) is 0 Å². The molecule has 200 valence electrons. The maximum Gasteiger partial charge on any atom is 0.408 e. The lowest BCUT2D eigenvalue weighted by atomic mass is 9.94. The molecule has 1 atom stereocenters. The van der Waals surface area contributed by atoms with Crippen LogP contribution in [0.25, 0.3) is 33.7 Å². The molecule has 0 radical (unpaired) electrons. The highest BCUT2D eigenvalue weighted by Crippen LogP contribution is 2.35. The number of carbonyl (C=O) groups is 1. The number of pyridine rings is 1. The Bertz CT molecular complexity index is 1490. The minimum atomic E-state index is -0.526. The van der Waals surface area contributed by atoms with Gasteiger partial charge in [0.05, 0.1) is 22.8 Å². The topological polar surface area (TPSA) is 97.7 Å². The molecule has 8 heteroatoms. The lowest BCUT2D eigenvalue weighted by Gasteiger charge is -2.24. The number of hydrogen-bond acceptors (Lipinski definition) is 5. The van der Waals surface area contributed by atoms with Crippen molar-refractivity contribution in [2.75, 3.05) is 0 Å². The summed E-state index contributed by atoms with van der Waals surface area (Å²) in [6.07, 6.45) is 5.46. The van der Waals surface area contributed by atoms with Crippen LogP contribution in [0.4, 0.5) is 4.79 Å². The minimum Gasteiger partial charge on any atom is -0.444 e. The Labute approximate surface area is 224 Å². The van der Waals surface area contributed by atoms with E-state index in [4.69, 9.17) is 14.8 Å². The number of amides is 1. The average molecular weight is 515 g/mol. The molecular weight excluding hydrogens is 476 g/mol. The molecule has 1 aliphatic rings. The largest absolute Gasteiger partial charge is 0.444 e. The van der Waals surface area contributed by atoms with Crippen LogP contribution in [0.15, 0.2) is 30.5 Å². The fourth-order valence-electron chi connectivity index (χ4n) is 5.53. The smallest absolute Gasteiger partial charge is 0.408 e. The number of hydrogen-bond donors (Lipinski definition) is 2. The summed E-state index contributed by atoms with van der Waals surface area (Å²) in [4.78, 5) is 25.5. The fourth-order valence-corrected chi connectivity index (χ4v) is 5.53. The Kier molecular flexibility index (Phi) is 6.75. The normalized spacial score (nSPS) is 15.9. The Morgan fingerprint density at radius 2 is 1.97 bits per heavy atom. The van der Waals surface area contributed by atoms with E-state index in [0.29, 0.717) is 5.65 Å². The van der Waals surface area contributed by atoms with Gasteiger partial charge in [-0.05, 0) is 90.5 Å². The quantitative estimate of drug-likeness (QED) is 0.286. The van der Waals surface area contributed by atoms with Gasteiger partial charge in [-0.2, -0.15) is 5.10 Å². The lowest BCUT2D eigenvalue weighted by Crippen LogP contribution is -2.35. The summed E-state index contributed by atoms with van der Waals surface area (Å²) in [5, 5.41) is 7.85. The molecule has 4 aromatic rings. The molecule has 0 aliphatic heterocycles. The van der Waals surface area contributed by atoms with Crippen LogP contribution in [0, 0.1) is 13.8 Å². The monoisotopic (exact) mass is 514 g/mol. The van der Waals surface area contributed by atoms with Crippen LogP contribution in [0.3, 0.4) is 0 Å². The van der Waals surface area contributed by atoms with Gasteiger partial charge in [-0.3, -0.25) is 4.68 Å². The molecule has 0 bridgehead atoms. The summed E-state index contributed by atoms with van der Waals surface area (Å²) < 4.78 is 7.58. The number of ether oxygens (including phenoxy) is 1. The third-order valence-corrected chi connectivity index (χ3v) is 7.15.